The van der Waals surface area contributed by atoms with E-state index in [9.17, 15) is 8.42 Å². The van der Waals surface area contributed by atoms with Crippen LogP contribution in [0.5, 0.6) is 0 Å². The van der Waals surface area contributed by atoms with Gasteiger partial charge in [-0.1, -0.05) is 36.4 Å². The van der Waals surface area contributed by atoms with Crippen molar-refractivity contribution >= 4 is 15.7 Å². The van der Waals surface area contributed by atoms with Crippen molar-refractivity contribution in [3.8, 4) is 0 Å². The van der Waals surface area contributed by atoms with Gasteiger partial charge in [-0.3, -0.25) is 4.31 Å². The minimum atomic E-state index is -3.53. The minimum absolute atomic E-state index is 0.190. The molecule has 2 aromatic carbocycles. The van der Waals surface area contributed by atoms with Gasteiger partial charge in [-0.2, -0.15) is 0 Å². The third-order valence-corrected chi connectivity index (χ3v) is 4.44. The first-order valence-electron chi connectivity index (χ1n) is 5.71. The molecule has 0 aliphatic carbocycles. The van der Waals surface area contributed by atoms with Crippen LogP contribution in [0.15, 0.2) is 59.5 Å². The Labute approximate surface area is 108 Å². The fraction of sp³-hybridized carbons (Fsp3) is 0.143. The first-order valence-corrected chi connectivity index (χ1v) is 7.15. The van der Waals surface area contributed by atoms with Crippen molar-refractivity contribution in [2.45, 2.75) is 11.8 Å². The lowest BCUT2D eigenvalue weighted by atomic mass is 10.3. The summed E-state index contributed by atoms with van der Waals surface area (Å²) in [5.41, 5.74) is 0.664. The number of benzene rings is 2. The molecule has 0 saturated heterocycles. The first kappa shape index (κ1) is 12.6. The molecule has 2 aromatic rings. The monoisotopic (exact) mass is 260 g/mol. The highest BCUT2D eigenvalue weighted by atomic mass is 32.2. The van der Waals surface area contributed by atoms with Gasteiger partial charge in [-0.25, -0.2) is 8.42 Å². The van der Waals surface area contributed by atoms with Crippen molar-refractivity contribution in [3.05, 3.63) is 60.7 Å². The molecule has 0 aliphatic heterocycles. The van der Waals surface area contributed by atoms with Gasteiger partial charge in [0.1, 0.15) is 0 Å². The third-order valence-electron chi connectivity index (χ3n) is 2.58. The number of nitrogens with zero attached hydrogens (tertiary/aromatic N) is 1. The molecular formula is C14H14NO2S. The van der Waals surface area contributed by atoms with Gasteiger partial charge in [0.15, 0.2) is 0 Å². The van der Waals surface area contributed by atoms with Gasteiger partial charge in [0.25, 0.3) is 10.0 Å². The molecule has 2 rings (SSSR count). The van der Waals surface area contributed by atoms with Crippen molar-refractivity contribution in [1.82, 2.24) is 0 Å². The fourth-order valence-electron chi connectivity index (χ4n) is 1.74. The predicted molar refractivity (Wildman–Crippen MR) is 71.9 cm³/mol. The van der Waals surface area contributed by atoms with Gasteiger partial charge in [-0.05, 0) is 25.1 Å². The summed E-state index contributed by atoms with van der Waals surface area (Å²) in [5, 5.41) is 0. The van der Waals surface area contributed by atoms with Crippen LogP contribution in [0.25, 0.3) is 0 Å². The van der Waals surface area contributed by atoms with Crippen LogP contribution in [0.2, 0.25) is 0 Å². The molecule has 18 heavy (non-hydrogen) atoms. The van der Waals surface area contributed by atoms with Crippen molar-refractivity contribution < 1.29 is 8.42 Å². The zero-order valence-corrected chi connectivity index (χ0v) is 10.9. The van der Waals surface area contributed by atoms with E-state index in [2.05, 4.69) is 6.07 Å². The van der Waals surface area contributed by atoms with Crippen LogP contribution in [-0.2, 0) is 10.0 Å². The van der Waals surface area contributed by atoms with Gasteiger partial charge in [0.2, 0.25) is 0 Å². The molecule has 0 aliphatic rings. The van der Waals surface area contributed by atoms with E-state index in [0.29, 0.717) is 12.2 Å². The molecule has 3 nitrogen and oxygen atoms in total. The van der Waals surface area contributed by atoms with E-state index in [0.717, 1.165) is 0 Å². The maximum atomic E-state index is 12.5. The van der Waals surface area contributed by atoms with E-state index < -0.39 is 10.0 Å². The molecule has 93 valence electrons. The third kappa shape index (κ3) is 2.38. The van der Waals surface area contributed by atoms with Crippen molar-refractivity contribution in [1.29, 1.82) is 0 Å². The largest absolute Gasteiger partial charge is 0.267 e. The van der Waals surface area contributed by atoms with E-state index in [1.165, 1.54) is 4.31 Å². The quantitative estimate of drug-likeness (QED) is 0.847. The van der Waals surface area contributed by atoms with E-state index in [-0.39, 0.29) is 4.90 Å². The van der Waals surface area contributed by atoms with Gasteiger partial charge in [0, 0.05) is 12.6 Å². The molecule has 0 heterocycles. The number of rotatable bonds is 4. The van der Waals surface area contributed by atoms with Crippen LogP contribution in [-0.4, -0.2) is 15.0 Å². The van der Waals surface area contributed by atoms with Crippen LogP contribution < -0.4 is 4.31 Å². The van der Waals surface area contributed by atoms with E-state index in [4.69, 9.17) is 0 Å². The average molecular weight is 260 g/mol. The van der Waals surface area contributed by atoms with Gasteiger partial charge in [0.05, 0.1) is 10.6 Å². The first-order chi connectivity index (χ1) is 8.66. The smallest absolute Gasteiger partial charge is 0.264 e. The van der Waals surface area contributed by atoms with Crippen LogP contribution in [0, 0.1) is 6.07 Å². The standard InChI is InChI=1S/C14H14NO2S/c1-2-15(13-9-5-3-6-10-13)18(16,17)14-11-7-4-8-12-14/h3-11H,2H2,1H3. The highest BCUT2D eigenvalue weighted by molar-refractivity contribution is 7.92. The van der Waals surface area contributed by atoms with Crippen LogP contribution in [0.1, 0.15) is 6.92 Å². The molecule has 0 bridgehead atoms. The molecule has 1 radical (unpaired) electrons. The zero-order valence-electron chi connectivity index (χ0n) is 10.1. The molecule has 0 N–H and O–H groups in total. The average Bonchev–Trinajstić information content (AvgIpc) is 2.41. The van der Waals surface area contributed by atoms with E-state index in [1.807, 2.05) is 25.1 Å². The summed E-state index contributed by atoms with van der Waals surface area (Å²) >= 11 is 0. The van der Waals surface area contributed by atoms with Gasteiger partial charge >= 0.3 is 0 Å². The normalized spacial score (nSPS) is 11.2. The topological polar surface area (TPSA) is 37.4 Å². The number of anilines is 1. The van der Waals surface area contributed by atoms with Crippen LogP contribution in [0.4, 0.5) is 5.69 Å². The summed E-state index contributed by atoms with van der Waals surface area (Å²) in [6.45, 7) is 2.20. The Morgan fingerprint density at radius 1 is 1.06 bits per heavy atom. The Kier molecular flexibility index (Phi) is 3.67. The second-order valence-corrected chi connectivity index (χ2v) is 5.56. The summed E-state index contributed by atoms with van der Waals surface area (Å²) < 4.78 is 26.3. The van der Waals surface area contributed by atoms with Crippen LogP contribution in [0.3, 0.4) is 0 Å². The van der Waals surface area contributed by atoms with Crippen molar-refractivity contribution in [2.24, 2.45) is 0 Å². The molecule has 0 saturated carbocycles. The predicted octanol–water partition coefficient (Wildman–Crippen LogP) is 2.70. The number of hydrogen-bond donors (Lipinski definition) is 0. The minimum Gasteiger partial charge on any atom is -0.267 e. The Morgan fingerprint density at radius 2 is 1.72 bits per heavy atom. The highest BCUT2D eigenvalue weighted by Gasteiger charge is 2.22. The molecule has 0 amide bonds. The molecule has 0 spiro atoms. The molecule has 4 heteroatoms. The van der Waals surface area contributed by atoms with Crippen molar-refractivity contribution in [2.75, 3.05) is 10.8 Å². The fourth-order valence-corrected chi connectivity index (χ4v) is 3.19. The summed E-state index contributed by atoms with van der Waals surface area (Å²) in [6.07, 6.45) is 0. The Bertz CT molecular complexity index is 594. The summed E-state index contributed by atoms with van der Waals surface area (Å²) in [7, 11) is -3.53. The molecule has 0 aromatic heterocycles. The second kappa shape index (κ2) is 5.23. The Balaban J connectivity index is 2.46. The van der Waals surface area contributed by atoms with Crippen LogP contribution >= 0.6 is 0 Å². The lowest BCUT2D eigenvalue weighted by Crippen LogP contribution is -2.30. The highest BCUT2D eigenvalue weighted by Crippen LogP contribution is 2.22. The zero-order chi connectivity index (χ0) is 13.0. The molecule has 0 atom stereocenters. The summed E-state index contributed by atoms with van der Waals surface area (Å²) in [5.74, 6) is 0. The summed E-state index contributed by atoms with van der Waals surface area (Å²) in [4.78, 5) is 0.190. The van der Waals surface area contributed by atoms with Gasteiger partial charge in [-0.15, -0.1) is 0 Å². The summed E-state index contributed by atoms with van der Waals surface area (Å²) in [6, 6.07) is 18.4. The maximum Gasteiger partial charge on any atom is 0.264 e. The molecular weight excluding hydrogens is 246 g/mol. The Hall–Kier alpha value is -1.81. The Morgan fingerprint density at radius 3 is 2.28 bits per heavy atom. The SMILES string of the molecule is CCN(c1ccccc1)S(=O)(=O)c1[c]cccc1. The van der Waals surface area contributed by atoms with E-state index >= 15 is 0 Å². The number of sulfonamides is 1. The lowest BCUT2D eigenvalue weighted by Gasteiger charge is -2.22. The molecule has 0 unspecified atom stereocenters. The number of para-hydroxylation sites is 1. The maximum absolute atomic E-state index is 12.5. The second-order valence-electron chi connectivity index (χ2n) is 3.73. The number of hydrogen-bond acceptors (Lipinski definition) is 2. The molecule has 0 fully saturated rings. The lowest BCUT2D eigenvalue weighted by molar-refractivity contribution is 0.591. The van der Waals surface area contributed by atoms with Gasteiger partial charge < -0.3 is 0 Å². The van der Waals surface area contributed by atoms with Crippen molar-refractivity contribution in [3.63, 3.8) is 0 Å². The van der Waals surface area contributed by atoms with E-state index in [1.54, 1.807) is 36.4 Å².